The van der Waals surface area contributed by atoms with Crippen LogP contribution in [0.25, 0.3) is 0 Å². The molecule has 2 atom stereocenters. The van der Waals surface area contributed by atoms with Gasteiger partial charge in [0.2, 0.25) is 5.09 Å². The first kappa shape index (κ1) is 14.3. The normalized spacial score (nSPS) is 24.3. The molecule has 0 radical (unpaired) electrons. The fraction of sp³-hybridized carbons (Fsp3) is 0.615. The molecule has 1 saturated carbocycles. The van der Waals surface area contributed by atoms with E-state index >= 15 is 0 Å². The Balaban J connectivity index is 1.99. The lowest BCUT2D eigenvalue weighted by molar-refractivity contribution is 0.109. The summed E-state index contributed by atoms with van der Waals surface area (Å²) in [6.07, 6.45) is 5.09. The lowest BCUT2D eigenvalue weighted by Crippen LogP contribution is -2.33. The molecule has 0 amide bonds. The van der Waals surface area contributed by atoms with Crippen LogP contribution in [0.5, 0.6) is 0 Å². The van der Waals surface area contributed by atoms with Gasteiger partial charge in [-0.15, -0.1) is 0 Å². The fourth-order valence-electron chi connectivity index (χ4n) is 2.53. The van der Waals surface area contributed by atoms with Crippen LogP contribution in [-0.4, -0.2) is 21.2 Å². The molecule has 6 heteroatoms. The standard InChI is InChI=1S/C13H19NO4S/c1-10-4-2-3-5-11(10)8-14-19(16,17)13-7-6-12(9-15)18-13/h6-7,9-11,14H,2-5,8H2,1H3. The zero-order valence-corrected chi connectivity index (χ0v) is 11.8. The number of hydrogen-bond donors (Lipinski definition) is 1. The molecule has 1 aromatic rings. The van der Waals surface area contributed by atoms with Gasteiger partial charge in [-0.2, -0.15) is 0 Å². The Labute approximate surface area is 113 Å². The van der Waals surface area contributed by atoms with E-state index in [0.29, 0.717) is 24.7 Å². The molecule has 19 heavy (non-hydrogen) atoms. The van der Waals surface area contributed by atoms with Crippen molar-refractivity contribution in [2.24, 2.45) is 11.8 Å². The molecule has 2 unspecified atom stereocenters. The van der Waals surface area contributed by atoms with Crippen molar-refractivity contribution in [3.63, 3.8) is 0 Å². The molecular weight excluding hydrogens is 266 g/mol. The van der Waals surface area contributed by atoms with Crippen LogP contribution in [-0.2, 0) is 10.0 Å². The van der Waals surface area contributed by atoms with Crippen LogP contribution in [0.15, 0.2) is 21.6 Å². The van der Waals surface area contributed by atoms with Gasteiger partial charge in [-0.05, 0) is 30.4 Å². The van der Waals surface area contributed by atoms with Gasteiger partial charge in [0.25, 0.3) is 10.0 Å². The fourth-order valence-corrected chi connectivity index (χ4v) is 3.56. The number of nitrogens with one attached hydrogen (secondary N) is 1. The summed E-state index contributed by atoms with van der Waals surface area (Å²) in [5, 5.41) is -0.196. The smallest absolute Gasteiger partial charge is 0.273 e. The summed E-state index contributed by atoms with van der Waals surface area (Å²) < 4.78 is 31.5. The summed E-state index contributed by atoms with van der Waals surface area (Å²) in [6.45, 7) is 2.59. The van der Waals surface area contributed by atoms with Crippen molar-refractivity contribution in [2.75, 3.05) is 6.54 Å². The van der Waals surface area contributed by atoms with E-state index in [2.05, 4.69) is 11.6 Å². The van der Waals surface area contributed by atoms with Crippen molar-refractivity contribution in [3.8, 4) is 0 Å². The lowest BCUT2D eigenvalue weighted by Gasteiger charge is -2.28. The van der Waals surface area contributed by atoms with Gasteiger partial charge in [0.15, 0.2) is 12.0 Å². The van der Waals surface area contributed by atoms with E-state index in [1.807, 2.05) is 0 Å². The summed E-state index contributed by atoms with van der Waals surface area (Å²) in [5.41, 5.74) is 0. The molecule has 1 aromatic heterocycles. The Hall–Kier alpha value is -1.14. The third-order valence-corrected chi connectivity index (χ3v) is 5.10. The van der Waals surface area contributed by atoms with Gasteiger partial charge in [0.05, 0.1) is 0 Å². The van der Waals surface area contributed by atoms with Crippen LogP contribution >= 0.6 is 0 Å². The number of carbonyl (C=O) groups is 1. The second-order valence-electron chi connectivity index (χ2n) is 5.15. The van der Waals surface area contributed by atoms with E-state index in [4.69, 9.17) is 4.42 Å². The molecule has 1 aliphatic rings. The first-order valence-corrected chi connectivity index (χ1v) is 8.06. The van der Waals surface area contributed by atoms with E-state index < -0.39 is 10.0 Å². The highest BCUT2D eigenvalue weighted by molar-refractivity contribution is 7.89. The predicted molar refractivity (Wildman–Crippen MR) is 70.4 cm³/mol. The van der Waals surface area contributed by atoms with Gasteiger partial charge in [-0.3, -0.25) is 4.79 Å². The molecule has 0 aromatic carbocycles. The lowest BCUT2D eigenvalue weighted by atomic mass is 9.81. The van der Waals surface area contributed by atoms with E-state index in [1.54, 1.807) is 0 Å². The number of sulfonamides is 1. The van der Waals surface area contributed by atoms with Crippen LogP contribution < -0.4 is 4.72 Å². The van der Waals surface area contributed by atoms with Crippen LogP contribution in [0.4, 0.5) is 0 Å². The minimum absolute atomic E-state index is 0.0198. The quantitative estimate of drug-likeness (QED) is 0.841. The van der Waals surface area contributed by atoms with Crippen LogP contribution in [0.1, 0.15) is 43.2 Å². The van der Waals surface area contributed by atoms with Gasteiger partial charge in [0.1, 0.15) is 0 Å². The Morgan fingerprint density at radius 3 is 2.74 bits per heavy atom. The summed E-state index contributed by atoms with van der Waals surface area (Å²) in [5.74, 6) is 0.939. The SMILES string of the molecule is CC1CCCCC1CNS(=O)(=O)c1ccc(C=O)o1. The van der Waals surface area contributed by atoms with E-state index in [-0.39, 0.29) is 10.9 Å². The Morgan fingerprint density at radius 2 is 2.11 bits per heavy atom. The van der Waals surface area contributed by atoms with Crippen molar-refractivity contribution >= 4 is 16.3 Å². The number of carbonyl (C=O) groups excluding carboxylic acids is 1. The summed E-state index contributed by atoms with van der Waals surface area (Å²) in [6, 6.07) is 2.65. The Kier molecular flexibility index (Phi) is 4.42. The molecule has 1 fully saturated rings. The summed E-state index contributed by atoms with van der Waals surface area (Å²) in [7, 11) is -3.65. The molecule has 0 aliphatic heterocycles. The van der Waals surface area contributed by atoms with Crippen LogP contribution in [0, 0.1) is 11.8 Å². The van der Waals surface area contributed by atoms with Crippen molar-refractivity contribution in [2.45, 2.75) is 37.7 Å². The molecule has 0 bridgehead atoms. The maximum atomic E-state index is 12.0. The molecule has 0 spiro atoms. The molecule has 1 N–H and O–H groups in total. The third kappa shape index (κ3) is 3.45. The highest BCUT2D eigenvalue weighted by Gasteiger charge is 2.25. The van der Waals surface area contributed by atoms with Gasteiger partial charge < -0.3 is 4.42 Å². The number of furan rings is 1. The van der Waals surface area contributed by atoms with Gasteiger partial charge >= 0.3 is 0 Å². The van der Waals surface area contributed by atoms with Gasteiger partial charge in [0, 0.05) is 6.54 Å². The molecule has 1 aliphatic carbocycles. The minimum atomic E-state index is -3.65. The molecule has 106 valence electrons. The average molecular weight is 285 g/mol. The number of aldehydes is 1. The maximum Gasteiger partial charge on any atom is 0.273 e. The summed E-state index contributed by atoms with van der Waals surface area (Å²) >= 11 is 0. The first-order valence-electron chi connectivity index (χ1n) is 6.57. The van der Waals surface area contributed by atoms with E-state index in [9.17, 15) is 13.2 Å². The number of rotatable bonds is 5. The van der Waals surface area contributed by atoms with Crippen molar-refractivity contribution in [1.29, 1.82) is 0 Å². The minimum Gasteiger partial charge on any atom is -0.440 e. The summed E-state index contributed by atoms with van der Waals surface area (Å²) in [4.78, 5) is 10.5. The van der Waals surface area contributed by atoms with Gasteiger partial charge in [-0.1, -0.05) is 26.2 Å². The first-order chi connectivity index (χ1) is 9.03. The number of hydrogen-bond acceptors (Lipinski definition) is 4. The van der Waals surface area contributed by atoms with E-state index in [1.165, 1.54) is 18.6 Å². The van der Waals surface area contributed by atoms with Crippen LogP contribution in [0.3, 0.4) is 0 Å². The van der Waals surface area contributed by atoms with Crippen molar-refractivity contribution < 1.29 is 17.6 Å². The largest absolute Gasteiger partial charge is 0.440 e. The van der Waals surface area contributed by atoms with Crippen molar-refractivity contribution in [3.05, 3.63) is 17.9 Å². The zero-order chi connectivity index (χ0) is 13.9. The second kappa shape index (κ2) is 5.88. The van der Waals surface area contributed by atoms with Crippen LogP contribution in [0.2, 0.25) is 0 Å². The van der Waals surface area contributed by atoms with Crippen molar-refractivity contribution in [1.82, 2.24) is 4.72 Å². The van der Waals surface area contributed by atoms with Gasteiger partial charge in [-0.25, -0.2) is 13.1 Å². The third-order valence-electron chi connectivity index (χ3n) is 3.81. The highest BCUT2D eigenvalue weighted by Crippen LogP contribution is 2.29. The zero-order valence-electron chi connectivity index (χ0n) is 11.0. The molecular formula is C13H19NO4S. The highest BCUT2D eigenvalue weighted by atomic mass is 32.2. The topological polar surface area (TPSA) is 76.4 Å². The Bertz CT molecular complexity index is 535. The molecule has 1 heterocycles. The molecule has 5 nitrogen and oxygen atoms in total. The van der Waals surface area contributed by atoms with E-state index in [0.717, 1.165) is 19.3 Å². The monoisotopic (exact) mass is 285 g/mol. The predicted octanol–water partition coefficient (Wildman–Crippen LogP) is 2.20. The molecule has 2 rings (SSSR count). The average Bonchev–Trinajstić information content (AvgIpc) is 2.87. The Morgan fingerprint density at radius 1 is 1.37 bits per heavy atom. The maximum absolute atomic E-state index is 12.0. The molecule has 0 saturated heterocycles. The second-order valence-corrected chi connectivity index (χ2v) is 6.85.